The van der Waals surface area contributed by atoms with Gasteiger partial charge in [0.25, 0.3) is 0 Å². The van der Waals surface area contributed by atoms with Gasteiger partial charge in [-0.3, -0.25) is 4.79 Å². The van der Waals surface area contributed by atoms with E-state index in [1.165, 1.54) is 24.3 Å². The van der Waals surface area contributed by atoms with Gasteiger partial charge in [-0.1, -0.05) is 18.2 Å². The summed E-state index contributed by atoms with van der Waals surface area (Å²) in [5, 5.41) is 42.7. The predicted molar refractivity (Wildman–Crippen MR) is 95.2 cm³/mol. The second-order valence-corrected chi connectivity index (χ2v) is 8.04. The van der Waals surface area contributed by atoms with Crippen molar-refractivity contribution in [3.63, 3.8) is 0 Å². The van der Waals surface area contributed by atoms with E-state index in [1.807, 2.05) is 0 Å². The van der Waals surface area contributed by atoms with E-state index in [4.69, 9.17) is 9.84 Å². The molecule has 0 fully saturated rings. The van der Waals surface area contributed by atoms with Crippen molar-refractivity contribution in [1.82, 2.24) is 10.0 Å². The number of aliphatic carboxylic acids is 1. The van der Waals surface area contributed by atoms with Crippen LogP contribution in [0.15, 0.2) is 47.1 Å². The zero-order valence-electron chi connectivity index (χ0n) is 16.3. The van der Waals surface area contributed by atoms with Gasteiger partial charge in [0.1, 0.15) is 30.0 Å². The summed E-state index contributed by atoms with van der Waals surface area (Å²) in [6, 6.07) is 4.49. The standard InChI is InChI=1S/C17H22N2O9S.Na/c1-9(21)18-14-11(19-29(26,27)10-5-3-2-4-6-10)7-13(17(24)25)28-16(14)15(23)12(22)8-20;/h2-7,11-12,14-16,19-20,22-23H,8H2,1H3,(H,18,21)(H,24,25);/q;+1/p-1/t11-,12+,14+,15+,16+;/m0./s1. The minimum absolute atomic E-state index is 0. The largest absolute Gasteiger partial charge is 1.00 e. The first-order valence-electron chi connectivity index (χ1n) is 8.48. The minimum Gasteiger partial charge on any atom is -0.542 e. The van der Waals surface area contributed by atoms with Gasteiger partial charge in [-0.15, -0.1) is 0 Å². The Labute approximate surface area is 195 Å². The number of hydrogen-bond acceptors (Lipinski definition) is 9. The van der Waals surface area contributed by atoms with E-state index in [2.05, 4.69) is 10.0 Å². The Morgan fingerprint density at radius 1 is 1.23 bits per heavy atom. The zero-order valence-corrected chi connectivity index (χ0v) is 19.1. The zero-order chi connectivity index (χ0) is 21.8. The second kappa shape index (κ2) is 11.2. The molecule has 0 spiro atoms. The number of rotatable bonds is 8. The van der Waals surface area contributed by atoms with Crippen molar-refractivity contribution in [2.45, 2.75) is 42.2 Å². The van der Waals surface area contributed by atoms with Gasteiger partial charge < -0.3 is 35.3 Å². The summed E-state index contributed by atoms with van der Waals surface area (Å²) >= 11 is 0. The first-order valence-corrected chi connectivity index (χ1v) is 9.96. The molecule has 11 nitrogen and oxygen atoms in total. The van der Waals surface area contributed by atoms with Gasteiger partial charge in [-0.25, -0.2) is 13.1 Å². The van der Waals surface area contributed by atoms with Crippen LogP contribution >= 0.6 is 0 Å². The Morgan fingerprint density at radius 2 is 1.83 bits per heavy atom. The Hall–Kier alpha value is -1.51. The molecule has 0 saturated heterocycles. The van der Waals surface area contributed by atoms with E-state index < -0.39 is 64.7 Å². The normalized spacial score (nSPS) is 23.2. The molecule has 1 aliphatic heterocycles. The van der Waals surface area contributed by atoms with Crippen LogP contribution in [0.3, 0.4) is 0 Å². The molecule has 160 valence electrons. The summed E-state index contributed by atoms with van der Waals surface area (Å²) in [4.78, 5) is 22.8. The van der Waals surface area contributed by atoms with Crippen molar-refractivity contribution in [3.05, 3.63) is 42.2 Å². The molecule has 1 aromatic rings. The first-order chi connectivity index (χ1) is 13.6. The maximum atomic E-state index is 12.7. The van der Waals surface area contributed by atoms with Crippen LogP contribution in [0.4, 0.5) is 0 Å². The van der Waals surface area contributed by atoms with Gasteiger partial charge in [0.15, 0.2) is 0 Å². The summed E-state index contributed by atoms with van der Waals surface area (Å²) in [5.74, 6) is -3.24. The monoisotopic (exact) mass is 452 g/mol. The van der Waals surface area contributed by atoms with Gasteiger partial charge in [0, 0.05) is 6.92 Å². The van der Waals surface area contributed by atoms with Crippen LogP contribution in [0, 0.1) is 0 Å². The SMILES string of the molecule is CC(=O)N[C@H]1[C@H]([C@H](O)[C@H](O)CO)OC(C(=O)[O-])=C[C@@H]1NS(=O)(=O)c1ccccc1.[Na+]. The van der Waals surface area contributed by atoms with Crippen molar-refractivity contribution >= 4 is 21.9 Å². The van der Waals surface area contributed by atoms with E-state index in [-0.39, 0.29) is 34.5 Å². The third-order valence-electron chi connectivity index (χ3n) is 4.17. The Balaban J connectivity index is 0.00000450. The van der Waals surface area contributed by atoms with E-state index in [9.17, 15) is 33.3 Å². The van der Waals surface area contributed by atoms with Crippen molar-refractivity contribution in [3.8, 4) is 0 Å². The molecular formula is C17H21N2NaO9S. The number of sulfonamides is 1. The maximum absolute atomic E-state index is 12.7. The van der Waals surface area contributed by atoms with E-state index in [1.54, 1.807) is 6.07 Å². The van der Waals surface area contributed by atoms with Crippen molar-refractivity contribution < 1.29 is 72.7 Å². The number of carboxylic acid groups (broad SMARTS) is 1. The molecule has 30 heavy (non-hydrogen) atoms. The first kappa shape index (κ1) is 26.5. The molecule has 2 rings (SSSR count). The van der Waals surface area contributed by atoms with Crippen LogP contribution in [0.5, 0.6) is 0 Å². The Kier molecular flexibility index (Phi) is 9.91. The number of aliphatic hydroxyl groups excluding tert-OH is 3. The molecule has 5 N–H and O–H groups in total. The fourth-order valence-electron chi connectivity index (χ4n) is 2.82. The summed E-state index contributed by atoms with van der Waals surface area (Å²) in [7, 11) is -4.16. The summed E-state index contributed by atoms with van der Waals surface area (Å²) in [6.07, 6.45) is -4.33. The molecule has 0 unspecified atom stereocenters. The molecule has 0 radical (unpaired) electrons. The number of hydrogen-bond donors (Lipinski definition) is 5. The summed E-state index contributed by atoms with van der Waals surface area (Å²) < 4.78 is 32.7. The van der Waals surface area contributed by atoms with Gasteiger partial charge in [0.05, 0.1) is 23.6 Å². The van der Waals surface area contributed by atoms with Crippen LogP contribution in [0.2, 0.25) is 0 Å². The van der Waals surface area contributed by atoms with Gasteiger partial charge in [0.2, 0.25) is 15.9 Å². The van der Waals surface area contributed by atoms with Crippen LogP contribution < -0.4 is 44.7 Å². The average Bonchev–Trinajstić information content (AvgIpc) is 2.67. The average molecular weight is 452 g/mol. The smallest absolute Gasteiger partial charge is 0.542 e. The minimum atomic E-state index is -4.16. The molecule has 13 heteroatoms. The molecule has 5 atom stereocenters. The molecule has 1 amide bonds. The number of ether oxygens (including phenoxy) is 1. The third kappa shape index (κ3) is 6.49. The summed E-state index contributed by atoms with van der Waals surface area (Å²) in [5.41, 5.74) is 0. The van der Waals surface area contributed by atoms with Crippen molar-refractivity contribution in [2.24, 2.45) is 0 Å². The van der Waals surface area contributed by atoms with E-state index in [0.717, 1.165) is 13.0 Å². The number of carboxylic acids is 1. The topological polar surface area (TPSA) is 185 Å². The molecule has 1 heterocycles. The number of nitrogens with one attached hydrogen (secondary N) is 2. The quantitative estimate of drug-likeness (QED) is 0.239. The van der Waals surface area contributed by atoms with Gasteiger partial charge in [-0.05, 0) is 18.2 Å². The van der Waals surface area contributed by atoms with Crippen LogP contribution in [0.25, 0.3) is 0 Å². The molecule has 0 aromatic heterocycles. The number of amides is 1. The summed E-state index contributed by atoms with van der Waals surface area (Å²) in [6.45, 7) is 0.227. The second-order valence-electron chi connectivity index (χ2n) is 6.33. The van der Waals surface area contributed by atoms with Crippen LogP contribution in [-0.4, -0.2) is 72.6 Å². The van der Waals surface area contributed by atoms with Crippen LogP contribution in [0.1, 0.15) is 6.92 Å². The number of aliphatic hydroxyl groups is 3. The third-order valence-corrected chi connectivity index (χ3v) is 5.64. The van der Waals surface area contributed by atoms with E-state index >= 15 is 0 Å². The number of carbonyl (C=O) groups is 2. The molecule has 0 bridgehead atoms. The van der Waals surface area contributed by atoms with E-state index in [0.29, 0.717) is 0 Å². The van der Waals surface area contributed by atoms with Crippen LogP contribution in [-0.2, 0) is 24.3 Å². The predicted octanol–water partition coefficient (Wildman–Crippen LogP) is -6.41. The Morgan fingerprint density at radius 3 is 2.33 bits per heavy atom. The van der Waals surface area contributed by atoms with Gasteiger partial charge in [-0.2, -0.15) is 0 Å². The molecule has 1 aromatic carbocycles. The number of carbonyl (C=O) groups excluding carboxylic acids is 2. The fraction of sp³-hybridized carbons (Fsp3) is 0.412. The number of benzene rings is 1. The van der Waals surface area contributed by atoms with Gasteiger partial charge >= 0.3 is 29.6 Å². The molecule has 0 aliphatic carbocycles. The molecule has 0 saturated carbocycles. The maximum Gasteiger partial charge on any atom is 1.00 e. The fourth-order valence-corrected chi connectivity index (χ4v) is 4.04. The Bertz CT molecular complexity index is 878. The van der Waals surface area contributed by atoms with Crippen molar-refractivity contribution in [1.29, 1.82) is 0 Å². The molecule has 1 aliphatic rings. The molecular weight excluding hydrogens is 431 g/mol. The van der Waals surface area contributed by atoms with Crippen molar-refractivity contribution in [2.75, 3.05) is 6.61 Å².